The summed E-state index contributed by atoms with van der Waals surface area (Å²) >= 11 is 17.5. The van der Waals surface area contributed by atoms with Crippen LogP contribution in [0.2, 0.25) is 15.1 Å². The van der Waals surface area contributed by atoms with Crippen LogP contribution >= 0.6 is 34.8 Å². The summed E-state index contributed by atoms with van der Waals surface area (Å²) in [7, 11) is 0. The van der Waals surface area contributed by atoms with Crippen molar-refractivity contribution in [2.75, 3.05) is 5.43 Å². The summed E-state index contributed by atoms with van der Waals surface area (Å²) in [5.41, 5.74) is 2.84. The number of hydrogen-bond donors (Lipinski definition) is 2. The van der Waals surface area contributed by atoms with Crippen molar-refractivity contribution in [2.45, 2.75) is 0 Å². The molecule has 0 saturated carbocycles. The van der Waals surface area contributed by atoms with E-state index in [-0.39, 0.29) is 31.9 Å². The van der Waals surface area contributed by atoms with Gasteiger partial charge in [-0.15, -0.1) is 0 Å². The van der Waals surface area contributed by atoms with Gasteiger partial charge in [0.15, 0.2) is 0 Å². The number of halogens is 3. The van der Waals surface area contributed by atoms with Crippen molar-refractivity contribution >= 4 is 58.4 Å². The lowest BCUT2D eigenvalue weighted by molar-refractivity contribution is -0.384. The highest BCUT2D eigenvalue weighted by molar-refractivity contribution is 6.37. The van der Waals surface area contributed by atoms with Crippen LogP contribution in [-0.2, 0) is 0 Å². The molecule has 2 rings (SSSR count). The fraction of sp³-hybridized carbons (Fsp3) is 0. The van der Waals surface area contributed by atoms with Crippen LogP contribution in [0.3, 0.4) is 0 Å². The molecular formula is C14H8Cl3N3O4. The molecule has 0 aromatic heterocycles. The number of hydrazone groups is 1. The number of hydrogen-bond acceptors (Lipinski definition) is 5. The van der Waals surface area contributed by atoms with Gasteiger partial charge in [0.25, 0.3) is 5.69 Å². The molecular weight excluding hydrogens is 381 g/mol. The average Bonchev–Trinajstić information content (AvgIpc) is 2.50. The van der Waals surface area contributed by atoms with Crippen molar-refractivity contribution in [3.8, 4) is 0 Å². The summed E-state index contributed by atoms with van der Waals surface area (Å²) in [4.78, 5) is 21.2. The Labute approximate surface area is 150 Å². The summed E-state index contributed by atoms with van der Waals surface area (Å²) < 4.78 is 0. The normalized spacial score (nSPS) is 10.8. The molecule has 0 fully saturated rings. The number of nitro groups is 1. The van der Waals surface area contributed by atoms with Crippen LogP contribution in [0.15, 0.2) is 35.4 Å². The second kappa shape index (κ2) is 7.48. The number of anilines is 1. The lowest BCUT2D eigenvalue weighted by Crippen LogP contribution is -1.99. The number of carboxylic acids is 1. The Balaban J connectivity index is 2.24. The van der Waals surface area contributed by atoms with Crippen LogP contribution in [0.1, 0.15) is 15.9 Å². The van der Waals surface area contributed by atoms with Gasteiger partial charge in [0.2, 0.25) is 0 Å². The molecule has 10 heteroatoms. The third-order valence-corrected chi connectivity index (χ3v) is 3.82. The largest absolute Gasteiger partial charge is 0.478 e. The van der Waals surface area contributed by atoms with Gasteiger partial charge in [0, 0.05) is 11.6 Å². The minimum atomic E-state index is -1.18. The number of carboxylic acid groups (broad SMARTS) is 1. The van der Waals surface area contributed by atoms with E-state index in [0.717, 1.165) is 0 Å². The highest BCUT2D eigenvalue weighted by Crippen LogP contribution is 2.30. The predicted molar refractivity (Wildman–Crippen MR) is 92.7 cm³/mol. The fourth-order valence-corrected chi connectivity index (χ4v) is 2.43. The van der Waals surface area contributed by atoms with E-state index in [1.54, 1.807) is 0 Å². The van der Waals surface area contributed by atoms with Gasteiger partial charge in [0.05, 0.1) is 32.4 Å². The van der Waals surface area contributed by atoms with Crippen molar-refractivity contribution < 1.29 is 14.8 Å². The zero-order valence-electron chi connectivity index (χ0n) is 11.7. The van der Waals surface area contributed by atoms with Crippen molar-refractivity contribution in [1.29, 1.82) is 0 Å². The summed E-state index contributed by atoms with van der Waals surface area (Å²) in [6.45, 7) is 0. The Kier molecular flexibility index (Phi) is 5.61. The van der Waals surface area contributed by atoms with Crippen LogP contribution in [0, 0.1) is 10.1 Å². The first-order valence-electron chi connectivity index (χ1n) is 6.25. The minimum Gasteiger partial charge on any atom is -0.478 e. The molecule has 2 aromatic rings. The monoisotopic (exact) mass is 387 g/mol. The fourth-order valence-electron chi connectivity index (χ4n) is 1.73. The number of nitrogens with one attached hydrogen (secondary N) is 1. The summed E-state index contributed by atoms with van der Waals surface area (Å²) in [6, 6.07) is 6.66. The number of nitrogens with zero attached hydrogens (tertiary/aromatic N) is 2. The van der Waals surface area contributed by atoms with Crippen molar-refractivity contribution in [3.63, 3.8) is 0 Å². The van der Waals surface area contributed by atoms with Crippen LogP contribution in [0.4, 0.5) is 11.4 Å². The Morgan fingerprint density at radius 1 is 1.17 bits per heavy atom. The maximum atomic E-state index is 11.0. The first-order valence-corrected chi connectivity index (χ1v) is 7.38. The van der Waals surface area contributed by atoms with E-state index in [2.05, 4.69) is 10.5 Å². The van der Waals surface area contributed by atoms with Gasteiger partial charge < -0.3 is 5.11 Å². The Morgan fingerprint density at radius 2 is 1.88 bits per heavy atom. The molecule has 0 bridgehead atoms. The molecule has 0 saturated heterocycles. The molecule has 2 aromatic carbocycles. The Morgan fingerprint density at radius 3 is 2.50 bits per heavy atom. The van der Waals surface area contributed by atoms with Gasteiger partial charge in [0.1, 0.15) is 5.02 Å². The standard InChI is InChI=1S/C14H8Cl3N3O4/c15-10-2-1-8(4-9(10)14(21)22)19-18-6-7-3-13(20(23)24)12(17)5-11(7)16/h1-6,19H,(H,21,22)/b18-6+. The van der Waals surface area contributed by atoms with Crippen molar-refractivity contribution in [2.24, 2.45) is 5.10 Å². The molecule has 0 amide bonds. The van der Waals surface area contributed by atoms with Gasteiger partial charge in [-0.25, -0.2) is 4.79 Å². The zero-order chi connectivity index (χ0) is 17.9. The van der Waals surface area contributed by atoms with Crippen LogP contribution in [-0.4, -0.2) is 22.2 Å². The molecule has 0 unspecified atom stereocenters. The molecule has 24 heavy (non-hydrogen) atoms. The molecule has 0 aliphatic rings. The number of rotatable bonds is 5. The van der Waals surface area contributed by atoms with E-state index in [9.17, 15) is 14.9 Å². The highest BCUT2D eigenvalue weighted by Gasteiger charge is 2.15. The van der Waals surface area contributed by atoms with Crippen LogP contribution < -0.4 is 5.43 Å². The van der Waals surface area contributed by atoms with Gasteiger partial charge in [-0.3, -0.25) is 15.5 Å². The lowest BCUT2D eigenvalue weighted by atomic mass is 10.2. The Hall–Kier alpha value is -2.35. The number of carbonyl (C=O) groups is 1. The summed E-state index contributed by atoms with van der Waals surface area (Å²) in [5, 5.41) is 23.9. The van der Waals surface area contributed by atoms with Crippen molar-refractivity contribution in [1.82, 2.24) is 0 Å². The molecule has 0 radical (unpaired) electrons. The maximum absolute atomic E-state index is 11.0. The van der Waals surface area contributed by atoms with E-state index < -0.39 is 10.9 Å². The average molecular weight is 389 g/mol. The highest BCUT2D eigenvalue weighted by atomic mass is 35.5. The third kappa shape index (κ3) is 4.14. The molecule has 0 atom stereocenters. The van der Waals surface area contributed by atoms with E-state index in [1.165, 1.54) is 36.5 Å². The van der Waals surface area contributed by atoms with E-state index in [1.807, 2.05) is 0 Å². The van der Waals surface area contributed by atoms with Crippen molar-refractivity contribution in [3.05, 3.63) is 66.6 Å². The minimum absolute atomic E-state index is 0.0843. The van der Waals surface area contributed by atoms with Crippen LogP contribution in [0.25, 0.3) is 0 Å². The molecule has 124 valence electrons. The molecule has 0 spiro atoms. The number of aromatic carboxylic acids is 1. The first kappa shape index (κ1) is 18.0. The molecule has 2 N–H and O–H groups in total. The topological polar surface area (TPSA) is 105 Å². The summed E-state index contributed by atoms with van der Waals surface area (Å²) in [5.74, 6) is -1.18. The summed E-state index contributed by atoms with van der Waals surface area (Å²) in [6.07, 6.45) is 1.25. The molecule has 0 aliphatic heterocycles. The second-order valence-corrected chi connectivity index (χ2v) is 5.67. The second-order valence-electron chi connectivity index (χ2n) is 4.45. The molecule has 0 heterocycles. The zero-order valence-corrected chi connectivity index (χ0v) is 13.9. The van der Waals surface area contributed by atoms with E-state index >= 15 is 0 Å². The van der Waals surface area contributed by atoms with E-state index in [4.69, 9.17) is 39.9 Å². The molecule has 7 nitrogen and oxygen atoms in total. The maximum Gasteiger partial charge on any atom is 0.337 e. The quantitative estimate of drug-likeness (QED) is 0.439. The van der Waals surface area contributed by atoms with Gasteiger partial charge in [-0.1, -0.05) is 34.8 Å². The predicted octanol–water partition coefficient (Wildman–Crippen LogP) is 4.70. The number of benzene rings is 2. The van der Waals surface area contributed by atoms with E-state index in [0.29, 0.717) is 5.69 Å². The SMILES string of the molecule is O=C(O)c1cc(N/N=C/c2cc([N+](=O)[O-])c(Cl)cc2Cl)ccc1Cl. The smallest absolute Gasteiger partial charge is 0.337 e. The van der Waals surface area contributed by atoms with Gasteiger partial charge in [-0.2, -0.15) is 5.10 Å². The Bertz CT molecular complexity index is 855. The first-order chi connectivity index (χ1) is 11.3. The molecule has 0 aliphatic carbocycles. The van der Waals surface area contributed by atoms with Gasteiger partial charge >= 0.3 is 5.97 Å². The van der Waals surface area contributed by atoms with Crippen LogP contribution in [0.5, 0.6) is 0 Å². The third-order valence-electron chi connectivity index (χ3n) is 2.86. The van der Waals surface area contributed by atoms with Gasteiger partial charge in [-0.05, 0) is 24.3 Å². The number of nitro benzene ring substituents is 1. The lowest BCUT2D eigenvalue weighted by Gasteiger charge is -2.04.